The van der Waals surface area contributed by atoms with E-state index < -0.39 is 73.3 Å². The standard InChI is InChI=1S/C27H42N4O12/c1-13(2)20(28)25(39)29-14(3)24(38)30-16-8-7-15(12-41-27(40)31(4)9-5-6-19(33)34)10-17(16)42-26-23(37)22(36)21(35)18(11-32)43-26/h7-8,10,13-14,18,20-23,26,32,35-37H,5-6,9,11-12,28H2,1-4H3,(H,29,39)(H,30,38)(H,33,34)/t14-,18+,20-,21+,22-,23+,26+/m0/s1. The van der Waals surface area contributed by atoms with Crippen LogP contribution in [0, 0.1) is 5.92 Å². The summed E-state index contributed by atoms with van der Waals surface area (Å²) < 4.78 is 16.5. The van der Waals surface area contributed by atoms with Crippen molar-refractivity contribution < 1.29 is 58.9 Å². The van der Waals surface area contributed by atoms with Gasteiger partial charge in [-0.2, -0.15) is 0 Å². The van der Waals surface area contributed by atoms with E-state index in [1.54, 1.807) is 13.8 Å². The molecular weight excluding hydrogens is 572 g/mol. The molecule has 1 saturated heterocycles. The average Bonchev–Trinajstić information content (AvgIpc) is 2.96. The largest absolute Gasteiger partial charge is 0.481 e. The van der Waals surface area contributed by atoms with E-state index in [1.807, 2.05) is 0 Å². The number of ether oxygens (including phenoxy) is 3. The zero-order valence-electron chi connectivity index (χ0n) is 24.5. The molecule has 1 aromatic carbocycles. The molecule has 1 aliphatic rings. The van der Waals surface area contributed by atoms with Crippen LogP contribution in [0.4, 0.5) is 10.5 Å². The number of aliphatic carboxylic acids is 1. The topological polar surface area (TPSA) is 250 Å². The van der Waals surface area contributed by atoms with E-state index in [0.29, 0.717) is 5.56 Å². The lowest BCUT2D eigenvalue weighted by molar-refractivity contribution is -0.277. The summed E-state index contributed by atoms with van der Waals surface area (Å²) in [5.74, 6) is -2.43. The van der Waals surface area contributed by atoms with Crippen LogP contribution in [-0.4, -0.2) is 117 Å². The summed E-state index contributed by atoms with van der Waals surface area (Å²) in [6.45, 7) is 4.15. The van der Waals surface area contributed by atoms with Crippen molar-refractivity contribution in [1.29, 1.82) is 0 Å². The highest BCUT2D eigenvalue weighted by molar-refractivity contribution is 5.98. The summed E-state index contributed by atoms with van der Waals surface area (Å²) in [6.07, 6.45) is -8.56. The van der Waals surface area contributed by atoms with Gasteiger partial charge >= 0.3 is 12.1 Å². The number of nitrogens with one attached hydrogen (secondary N) is 2. The number of nitrogens with two attached hydrogens (primary N) is 1. The Balaban J connectivity index is 2.24. The maximum Gasteiger partial charge on any atom is 0.409 e. The maximum absolute atomic E-state index is 12.9. The van der Waals surface area contributed by atoms with Gasteiger partial charge < -0.3 is 61.0 Å². The Hall–Kier alpha value is -3.54. The van der Waals surface area contributed by atoms with Crippen LogP contribution in [0.1, 0.15) is 39.2 Å². The van der Waals surface area contributed by atoms with Crippen LogP contribution < -0.4 is 21.1 Å². The maximum atomic E-state index is 12.9. The van der Waals surface area contributed by atoms with Crippen molar-refractivity contribution >= 4 is 29.6 Å². The highest BCUT2D eigenvalue weighted by atomic mass is 16.7. The molecule has 1 aromatic rings. The number of aliphatic hydroxyl groups excluding tert-OH is 4. The highest BCUT2D eigenvalue weighted by Crippen LogP contribution is 2.31. The number of carbonyl (C=O) groups excluding carboxylic acids is 3. The Morgan fingerprint density at radius 1 is 1.07 bits per heavy atom. The number of nitrogens with zero attached hydrogens (tertiary/aromatic N) is 1. The van der Waals surface area contributed by atoms with Crippen LogP contribution in [0.3, 0.4) is 0 Å². The van der Waals surface area contributed by atoms with Gasteiger partial charge in [0.05, 0.1) is 18.3 Å². The molecule has 9 N–H and O–H groups in total. The molecule has 7 atom stereocenters. The van der Waals surface area contributed by atoms with Gasteiger partial charge in [-0.05, 0) is 37.0 Å². The molecule has 0 saturated carbocycles. The average molecular weight is 615 g/mol. The smallest absolute Gasteiger partial charge is 0.409 e. The van der Waals surface area contributed by atoms with E-state index in [4.69, 9.17) is 25.1 Å². The van der Waals surface area contributed by atoms with Gasteiger partial charge in [-0.15, -0.1) is 0 Å². The molecule has 43 heavy (non-hydrogen) atoms. The Kier molecular flexibility index (Phi) is 13.6. The number of benzene rings is 1. The SMILES string of the molecule is CC(C)[C@H](N)C(=O)N[C@@H](C)C(=O)Nc1ccc(COC(=O)N(C)CCCC(=O)O)cc1O[C@@H]1O[C@H](CO)[C@@H](O)[C@H](O)[C@H]1O. The van der Waals surface area contributed by atoms with Gasteiger partial charge in [0, 0.05) is 20.0 Å². The van der Waals surface area contributed by atoms with Gasteiger partial charge in [0.1, 0.15) is 42.8 Å². The second kappa shape index (κ2) is 16.3. The fourth-order valence-corrected chi connectivity index (χ4v) is 3.88. The van der Waals surface area contributed by atoms with Gasteiger partial charge in [0.15, 0.2) is 0 Å². The molecule has 3 amide bonds. The normalized spacial score (nSPS) is 23.2. The van der Waals surface area contributed by atoms with E-state index in [2.05, 4.69) is 10.6 Å². The van der Waals surface area contributed by atoms with Gasteiger partial charge in [-0.3, -0.25) is 14.4 Å². The van der Waals surface area contributed by atoms with E-state index in [1.165, 1.54) is 37.1 Å². The number of carboxylic acid groups (broad SMARTS) is 1. The number of hydrogen-bond donors (Lipinski definition) is 8. The summed E-state index contributed by atoms with van der Waals surface area (Å²) in [5.41, 5.74) is 6.27. The molecule has 16 heteroatoms. The van der Waals surface area contributed by atoms with E-state index in [-0.39, 0.29) is 43.3 Å². The van der Waals surface area contributed by atoms with Crippen molar-refractivity contribution in [2.45, 2.75) is 83.0 Å². The van der Waals surface area contributed by atoms with E-state index >= 15 is 0 Å². The second-order valence-corrected chi connectivity index (χ2v) is 10.6. The third-order valence-corrected chi connectivity index (χ3v) is 6.73. The van der Waals surface area contributed by atoms with Gasteiger partial charge in [0.25, 0.3) is 0 Å². The molecule has 16 nitrogen and oxygen atoms in total. The number of rotatable bonds is 14. The molecule has 0 unspecified atom stereocenters. The summed E-state index contributed by atoms with van der Waals surface area (Å²) in [6, 6.07) is 2.43. The van der Waals surface area contributed by atoms with E-state index in [0.717, 1.165) is 0 Å². The lowest BCUT2D eigenvalue weighted by Crippen LogP contribution is -2.60. The van der Waals surface area contributed by atoms with Crippen molar-refractivity contribution in [2.75, 3.05) is 25.5 Å². The molecule has 0 aromatic heterocycles. The molecule has 0 aliphatic carbocycles. The number of amides is 3. The highest BCUT2D eigenvalue weighted by Gasteiger charge is 2.45. The summed E-state index contributed by atoms with van der Waals surface area (Å²) >= 11 is 0. The van der Waals surface area contributed by atoms with Crippen molar-refractivity contribution in [3.05, 3.63) is 23.8 Å². The van der Waals surface area contributed by atoms with Crippen molar-refractivity contribution in [1.82, 2.24) is 10.2 Å². The number of carboxylic acids is 1. The summed E-state index contributed by atoms with van der Waals surface area (Å²) in [4.78, 5) is 49.5. The lowest BCUT2D eigenvalue weighted by Gasteiger charge is -2.39. The minimum Gasteiger partial charge on any atom is -0.481 e. The fourth-order valence-electron chi connectivity index (χ4n) is 3.88. The van der Waals surface area contributed by atoms with Crippen LogP contribution in [0.25, 0.3) is 0 Å². The minimum atomic E-state index is -1.75. The Bertz CT molecular complexity index is 1120. The van der Waals surface area contributed by atoms with Crippen LogP contribution in [0.5, 0.6) is 5.75 Å². The van der Waals surface area contributed by atoms with E-state index in [9.17, 15) is 39.6 Å². The predicted molar refractivity (Wildman–Crippen MR) is 150 cm³/mol. The summed E-state index contributed by atoms with van der Waals surface area (Å²) in [7, 11) is 1.45. The molecular formula is C27H42N4O12. The first-order chi connectivity index (χ1) is 20.2. The molecule has 0 radical (unpaired) electrons. The number of anilines is 1. The Morgan fingerprint density at radius 3 is 2.35 bits per heavy atom. The fraction of sp³-hybridized carbons (Fsp3) is 0.630. The lowest BCUT2D eigenvalue weighted by atomic mass is 9.99. The summed E-state index contributed by atoms with van der Waals surface area (Å²) in [5, 5.41) is 54.1. The predicted octanol–water partition coefficient (Wildman–Crippen LogP) is -1.27. The van der Waals surface area contributed by atoms with Gasteiger partial charge in [-0.1, -0.05) is 19.9 Å². The van der Waals surface area contributed by atoms with Crippen molar-refractivity contribution in [3.8, 4) is 5.75 Å². The molecule has 2 rings (SSSR count). The third-order valence-electron chi connectivity index (χ3n) is 6.73. The van der Waals surface area contributed by atoms with Crippen LogP contribution in [0.15, 0.2) is 18.2 Å². The molecule has 1 fully saturated rings. The second-order valence-electron chi connectivity index (χ2n) is 10.6. The van der Waals surface area contributed by atoms with Crippen LogP contribution >= 0.6 is 0 Å². The van der Waals surface area contributed by atoms with Crippen molar-refractivity contribution in [2.24, 2.45) is 11.7 Å². The molecule has 1 aliphatic heterocycles. The van der Waals surface area contributed by atoms with Crippen LogP contribution in [-0.2, 0) is 30.5 Å². The van der Waals surface area contributed by atoms with Crippen LogP contribution in [0.2, 0.25) is 0 Å². The monoisotopic (exact) mass is 614 g/mol. The zero-order chi connectivity index (χ0) is 32.4. The Labute approximate surface area is 248 Å². The first kappa shape index (κ1) is 35.7. The third kappa shape index (κ3) is 10.3. The Morgan fingerprint density at radius 2 is 1.74 bits per heavy atom. The van der Waals surface area contributed by atoms with Crippen molar-refractivity contribution in [3.63, 3.8) is 0 Å². The first-order valence-electron chi connectivity index (χ1n) is 13.7. The number of aliphatic hydroxyl groups is 4. The molecule has 242 valence electrons. The molecule has 0 spiro atoms. The number of hydrogen-bond acceptors (Lipinski definition) is 12. The zero-order valence-corrected chi connectivity index (χ0v) is 24.5. The number of carbonyl (C=O) groups is 4. The molecule has 1 heterocycles. The molecule has 0 bridgehead atoms. The van der Waals surface area contributed by atoms with Gasteiger partial charge in [-0.25, -0.2) is 4.79 Å². The minimum absolute atomic E-state index is 0.0529. The van der Waals surface area contributed by atoms with Gasteiger partial charge in [0.2, 0.25) is 18.1 Å². The first-order valence-corrected chi connectivity index (χ1v) is 13.7. The quantitative estimate of drug-likeness (QED) is 0.122.